The van der Waals surface area contributed by atoms with Gasteiger partial charge in [0, 0.05) is 43.2 Å². The van der Waals surface area contributed by atoms with Crippen LogP contribution in [0.4, 0.5) is 34.1 Å². The fourth-order valence-electron chi connectivity index (χ4n) is 11.9. The Hall–Kier alpha value is -5.06. The lowest BCUT2D eigenvalue weighted by Crippen LogP contribution is -2.60. The van der Waals surface area contributed by atoms with Crippen LogP contribution >= 0.6 is 11.3 Å². The molecule has 0 unspecified atom stereocenters. The molecule has 0 atom stereocenters. The maximum absolute atomic E-state index is 2.71. The lowest BCUT2D eigenvalue weighted by Gasteiger charge is -2.45. The van der Waals surface area contributed by atoms with E-state index in [1.807, 2.05) is 11.3 Å². The third-order valence-corrected chi connectivity index (χ3v) is 17.9. The Labute approximate surface area is 433 Å². The van der Waals surface area contributed by atoms with E-state index in [9.17, 15) is 0 Å². The number of rotatable bonds is 3. The van der Waals surface area contributed by atoms with Gasteiger partial charge in [0.2, 0.25) is 0 Å². The maximum atomic E-state index is 2.71. The van der Waals surface area contributed by atoms with Crippen molar-refractivity contribution in [3.8, 4) is 11.1 Å². The second kappa shape index (κ2) is 16.0. The Balaban J connectivity index is 1.34. The highest BCUT2D eigenvalue weighted by Gasteiger charge is 2.47. The van der Waals surface area contributed by atoms with Gasteiger partial charge in [-0.1, -0.05) is 180 Å². The minimum atomic E-state index is -0.0413. The third-order valence-electron chi connectivity index (χ3n) is 16.7. The number of thiophene rings is 1. The predicted molar refractivity (Wildman–Crippen MR) is 315 cm³/mol. The van der Waals surface area contributed by atoms with Crippen molar-refractivity contribution in [3.63, 3.8) is 0 Å². The number of benzene rings is 6. The number of aryl methyl sites for hydroxylation is 1. The Bertz CT molecular complexity index is 3270. The van der Waals surface area contributed by atoms with E-state index >= 15 is 0 Å². The molecule has 3 aliphatic rings. The van der Waals surface area contributed by atoms with Crippen LogP contribution in [0.15, 0.2) is 103 Å². The van der Waals surface area contributed by atoms with Crippen molar-refractivity contribution < 1.29 is 0 Å². The SMILES string of the molecule is Cc1cc2c3c(c1)N(c1ccc4c(c1)C(C)(C)CCC4(C)C)c1c(sc4ccc(C(C)(C)C)cc14)B3c1cc(C(C)(C)C)ccc1N2c1ccc(C(C)(C)C)cc1-c1cc(C(C)(C)C)cc(C(C)(C)C)c1. The van der Waals surface area contributed by atoms with E-state index in [2.05, 4.69) is 251 Å². The molecule has 6 aromatic carbocycles. The average Bonchev–Trinajstić information content (AvgIpc) is 3.64. The smallest absolute Gasteiger partial charge is 0.264 e. The molecule has 0 amide bonds. The summed E-state index contributed by atoms with van der Waals surface area (Å²) in [6, 6.07) is 42.3. The minimum Gasteiger partial charge on any atom is -0.311 e. The first-order chi connectivity index (χ1) is 32.7. The standard InChI is InChI=1S/C67H81BN2S/c1-40-31-55-58-56(32-40)70(53-26-21-42(61(2,3)4)36-48(53)41-33-45(64(11,12)13)35-46(34-41)65(14,15)16)54-27-22-44(63(8,9)10)38-52(54)68(58)60-59(49-37-43(62(5,6)7)23-28-57(49)71-60)69(55)47-24-25-50-51(39-47)67(19,20)30-29-66(50,17)18/h21-28,31-39H,29-30H2,1-20H3. The quantitative estimate of drug-likeness (QED) is 0.163. The molecule has 2 aliphatic heterocycles. The van der Waals surface area contributed by atoms with Crippen molar-refractivity contribution in [1.82, 2.24) is 0 Å². The lowest BCUT2D eigenvalue weighted by atomic mass is 9.36. The molecule has 10 rings (SSSR count). The first kappa shape index (κ1) is 49.5. The zero-order valence-corrected chi connectivity index (χ0v) is 47.9. The Morgan fingerprint density at radius 1 is 0.465 bits per heavy atom. The molecule has 1 aromatic heterocycles. The summed E-state index contributed by atoms with van der Waals surface area (Å²) in [5.41, 5.74) is 24.1. The highest BCUT2D eigenvalue weighted by atomic mass is 32.1. The van der Waals surface area contributed by atoms with Gasteiger partial charge in [-0.25, -0.2) is 0 Å². The predicted octanol–water partition coefficient (Wildman–Crippen LogP) is 17.8. The molecule has 0 spiro atoms. The molecule has 1 aliphatic carbocycles. The van der Waals surface area contributed by atoms with Gasteiger partial charge in [0.15, 0.2) is 0 Å². The molecule has 3 heterocycles. The van der Waals surface area contributed by atoms with Crippen molar-refractivity contribution in [2.45, 2.75) is 189 Å². The molecule has 0 N–H and O–H groups in total. The second-order valence-corrected chi connectivity index (χ2v) is 29.5. The van der Waals surface area contributed by atoms with Crippen LogP contribution in [0.25, 0.3) is 21.2 Å². The summed E-state index contributed by atoms with van der Waals surface area (Å²) in [5, 5.41) is 1.35. The van der Waals surface area contributed by atoms with Gasteiger partial charge in [-0.05, 0) is 173 Å². The zero-order chi connectivity index (χ0) is 51.5. The third kappa shape index (κ3) is 8.31. The van der Waals surface area contributed by atoms with E-state index < -0.39 is 0 Å². The van der Waals surface area contributed by atoms with Crippen LogP contribution in [0.3, 0.4) is 0 Å². The van der Waals surface area contributed by atoms with Crippen LogP contribution in [0.1, 0.15) is 189 Å². The van der Waals surface area contributed by atoms with E-state index in [0.717, 1.165) is 0 Å². The van der Waals surface area contributed by atoms with Crippen molar-refractivity contribution in [1.29, 1.82) is 0 Å². The average molecular weight is 957 g/mol. The number of hydrogen-bond donors (Lipinski definition) is 0. The first-order valence-electron chi connectivity index (χ1n) is 26.7. The molecule has 0 radical (unpaired) electrons. The molecular weight excluding hydrogens is 876 g/mol. The maximum Gasteiger partial charge on any atom is 0.264 e. The lowest BCUT2D eigenvalue weighted by molar-refractivity contribution is 0.332. The zero-order valence-electron chi connectivity index (χ0n) is 47.1. The highest BCUT2D eigenvalue weighted by molar-refractivity contribution is 7.33. The molecule has 0 bridgehead atoms. The normalized spacial score (nSPS) is 16.5. The van der Waals surface area contributed by atoms with Gasteiger partial charge in [-0.2, -0.15) is 0 Å². The number of hydrogen-bond acceptors (Lipinski definition) is 3. The van der Waals surface area contributed by atoms with Crippen LogP contribution in [-0.4, -0.2) is 6.71 Å². The van der Waals surface area contributed by atoms with Crippen molar-refractivity contribution >= 4 is 78.0 Å². The number of fused-ring (bicyclic) bond motifs is 7. The van der Waals surface area contributed by atoms with Gasteiger partial charge in [0.25, 0.3) is 6.71 Å². The largest absolute Gasteiger partial charge is 0.311 e. The summed E-state index contributed by atoms with van der Waals surface area (Å²) in [7, 11) is 0. The molecule has 4 heteroatoms. The number of nitrogens with zero attached hydrogens (tertiary/aromatic N) is 2. The summed E-state index contributed by atoms with van der Waals surface area (Å²) in [5.74, 6) is 0. The van der Waals surface area contributed by atoms with Crippen LogP contribution in [-0.2, 0) is 37.9 Å². The summed E-state index contributed by atoms with van der Waals surface area (Å²) in [6.45, 7) is 47.6. The fraction of sp³-hybridized carbons (Fsp3) is 0.433. The van der Waals surface area contributed by atoms with E-state index in [1.54, 1.807) is 0 Å². The topological polar surface area (TPSA) is 6.48 Å². The number of anilines is 6. The molecule has 71 heavy (non-hydrogen) atoms. The minimum absolute atomic E-state index is 0.00540. The van der Waals surface area contributed by atoms with Gasteiger partial charge < -0.3 is 9.80 Å². The Kier molecular flexibility index (Phi) is 11.1. The molecule has 7 aromatic rings. The van der Waals surface area contributed by atoms with Crippen molar-refractivity contribution in [2.75, 3.05) is 9.80 Å². The van der Waals surface area contributed by atoms with Crippen LogP contribution in [0.5, 0.6) is 0 Å². The summed E-state index contributed by atoms with van der Waals surface area (Å²) < 4.78 is 2.78. The molecule has 0 fully saturated rings. The molecule has 368 valence electrons. The molecule has 0 saturated carbocycles. The van der Waals surface area contributed by atoms with Gasteiger partial charge in [-0.3, -0.25) is 0 Å². The fourth-order valence-corrected chi connectivity index (χ4v) is 13.2. The molecule has 2 nitrogen and oxygen atoms in total. The Morgan fingerprint density at radius 3 is 1.55 bits per heavy atom. The Morgan fingerprint density at radius 2 is 0.972 bits per heavy atom. The second-order valence-electron chi connectivity index (χ2n) is 28.4. The van der Waals surface area contributed by atoms with Crippen LogP contribution in [0.2, 0.25) is 0 Å². The molecular formula is C67H81BN2S. The van der Waals surface area contributed by atoms with Gasteiger partial charge >= 0.3 is 0 Å². The summed E-state index contributed by atoms with van der Waals surface area (Å²) in [4.78, 5) is 5.39. The molecule has 0 saturated heterocycles. The highest BCUT2D eigenvalue weighted by Crippen LogP contribution is 2.53. The monoisotopic (exact) mass is 957 g/mol. The van der Waals surface area contributed by atoms with Gasteiger partial charge in [0.05, 0.1) is 11.4 Å². The van der Waals surface area contributed by atoms with Crippen LogP contribution in [0, 0.1) is 6.92 Å². The van der Waals surface area contributed by atoms with E-state index in [4.69, 9.17) is 0 Å². The van der Waals surface area contributed by atoms with Crippen molar-refractivity contribution in [3.05, 3.63) is 148 Å². The van der Waals surface area contributed by atoms with E-state index in [0.29, 0.717) is 0 Å². The van der Waals surface area contributed by atoms with E-state index in [-0.39, 0.29) is 44.6 Å². The van der Waals surface area contributed by atoms with E-state index in [1.165, 1.54) is 128 Å². The van der Waals surface area contributed by atoms with Crippen LogP contribution < -0.4 is 25.5 Å². The van der Waals surface area contributed by atoms with Crippen molar-refractivity contribution in [2.24, 2.45) is 0 Å². The van der Waals surface area contributed by atoms with Gasteiger partial charge in [-0.15, -0.1) is 11.3 Å². The first-order valence-corrected chi connectivity index (χ1v) is 27.5. The summed E-state index contributed by atoms with van der Waals surface area (Å²) >= 11 is 2.02. The summed E-state index contributed by atoms with van der Waals surface area (Å²) in [6.07, 6.45) is 2.37. The van der Waals surface area contributed by atoms with Gasteiger partial charge in [0.1, 0.15) is 0 Å².